The Morgan fingerprint density at radius 2 is 1.71 bits per heavy atom. The maximum Gasteiger partial charge on any atom is 0.0167 e. The SMILES string of the molecule is CCCNC(CC(CC)CC)C1(c2ccccc2)CCC1. The molecule has 2 rings (SSSR count). The van der Waals surface area contributed by atoms with Crippen molar-refractivity contribution in [1.29, 1.82) is 0 Å². The fourth-order valence-corrected chi connectivity index (χ4v) is 3.94. The molecule has 0 bridgehead atoms. The highest BCUT2D eigenvalue weighted by atomic mass is 14.9. The predicted octanol–water partition coefficient (Wildman–Crippen LogP) is 5.30. The summed E-state index contributed by atoms with van der Waals surface area (Å²) in [7, 11) is 0. The van der Waals surface area contributed by atoms with Crippen LogP contribution in [0.5, 0.6) is 0 Å². The smallest absolute Gasteiger partial charge is 0.0167 e. The first-order valence-electron chi connectivity index (χ1n) is 9.05. The zero-order valence-corrected chi connectivity index (χ0v) is 14.2. The predicted molar refractivity (Wildman–Crippen MR) is 92.7 cm³/mol. The highest BCUT2D eigenvalue weighted by molar-refractivity contribution is 5.30. The normalized spacial score (nSPS) is 18.5. The topological polar surface area (TPSA) is 12.0 Å². The lowest BCUT2D eigenvalue weighted by atomic mass is 9.58. The van der Waals surface area contributed by atoms with Gasteiger partial charge in [0.15, 0.2) is 0 Å². The molecule has 1 fully saturated rings. The van der Waals surface area contributed by atoms with Gasteiger partial charge in [0.1, 0.15) is 0 Å². The Morgan fingerprint density at radius 1 is 1.05 bits per heavy atom. The molecule has 1 nitrogen and oxygen atoms in total. The molecule has 1 unspecified atom stereocenters. The number of rotatable bonds is 9. The van der Waals surface area contributed by atoms with E-state index < -0.39 is 0 Å². The van der Waals surface area contributed by atoms with Gasteiger partial charge in [-0.05, 0) is 43.7 Å². The van der Waals surface area contributed by atoms with Gasteiger partial charge < -0.3 is 5.32 Å². The van der Waals surface area contributed by atoms with Crippen LogP contribution in [0.15, 0.2) is 30.3 Å². The third-order valence-corrected chi connectivity index (χ3v) is 5.63. The molecule has 0 saturated heterocycles. The van der Waals surface area contributed by atoms with Crippen LogP contribution in [0.2, 0.25) is 0 Å². The molecule has 1 aliphatic carbocycles. The summed E-state index contributed by atoms with van der Waals surface area (Å²) in [5.41, 5.74) is 1.97. The van der Waals surface area contributed by atoms with Crippen LogP contribution in [0.4, 0.5) is 0 Å². The van der Waals surface area contributed by atoms with E-state index in [1.54, 1.807) is 5.56 Å². The van der Waals surface area contributed by atoms with Crippen molar-refractivity contribution in [3.63, 3.8) is 0 Å². The van der Waals surface area contributed by atoms with E-state index in [9.17, 15) is 0 Å². The second kappa shape index (κ2) is 7.98. The molecular weight excluding hydrogens is 254 g/mol. The van der Waals surface area contributed by atoms with Crippen molar-refractivity contribution >= 4 is 0 Å². The highest BCUT2D eigenvalue weighted by Gasteiger charge is 2.45. The summed E-state index contributed by atoms with van der Waals surface area (Å²) in [6.45, 7) is 8.12. The third kappa shape index (κ3) is 3.69. The van der Waals surface area contributed by atoms with Gasteiger partial charge in [0.25, 0.3) is 0 Å². The molecule has 0 amide bonds. The zero-order chi connectivity index (χ0) is 15.1. The molecule has 1 heteroatoms. The number of hydrogen-bond acceptors (Lipinski definition) is 1. The molecule has 1 aromatic rings. The fourth-order valence-electron chi connectivity index (χ4n) is 3.94. The van der Waals surface area contributed by atoms with Gasteiger partial charge in [-0.25, -0.2) is 0 Å². The minimum atomic E-state index is 0.402. The monoisotopic (exact) mass is 287 g/mol. The van der Waals surface area contributed by atoms with Gasteiger partial charge in [-0.2, -0.15) is 0 Å². The van der Waals surface area contributed by atoms with Crippen LogP contribution in [-0.4, -0.2) is 12.6 Å². The standard InChI is InChI=1S/C20H33N/c1-4-15-21-19(16-17(5-2)6-3)20(13-10-14-20)18-11-8-7-9-12-18/h7-9,11-12,17,19,21H,4-6,10,13-16H2,1-3H3. The molecule has 1 atom stereocenters. The zero-order valence-electron chi connectivity index (χ0n) is 14.2. The van der Waals surface area contributed by atoms with Gasteiger partial charge in [0.2, 0.25) is 0 Å². The Hall–Kier alpha value is -0.820. The molecule has 1 N–H and O–H groups in total. The lowest BCUT2D eigenvalue weighted by molar-refractivity contribution is 0.145. The van der Waals surface area contributed by atoms with E-state index >= 15 is 0 Å². The quantitative estimate of drug-likeness (QED) is 0.649. The van der Waals surface area contributed by atoms with E-state index in [2.05, 4.69) is 56.4 Å². The second-order valence-electron chi connectivity index (χ2n) is 6.80. The Labute approximate surface area is 131 Å². The van der Waals surface area contributed by atoms with E-state index in [4.69, 9.17) is 0 Å². The minimum absolute atomic E-state index is 0.402. The summed E-state index contributed by atoms with van der Waals surface area (Å²) in [5.74, 6) is 0.862. The average Bonchev–Trinajstić information content (AvgIpc) is 2.49. The molecule has 1 aromatic carbocycles. The molecule has 0 spiro atoms. The third-order valence-electron chi connectivity index (χ3n) is 5.63. The van der Waals surface area contributed by atoms with Crippen molar-refractivity contribution in [3.8, 4) is 0 Å². The Balaban J connectivity index is 2.20. The Morgan fingerprint density at radius 3 is 2.19 bits per heavy atom. The van der Waals surface area contributed by atoms with E-state index in [0.29, 0.717) is 11.5 Å². The summed E-state index contributed by atoms with van der Waals surface area (Å²) in [4.78, 5) is 0. The molecule has 0 aromatic heterocycles. The molecule has 118 valence electrons. The molecule has 1 aliphatic rings. The molecule has 0 heterocycles. The lowest BCUT2D eigenvalue weighted by Crippen LogP contribution is -2.53. The summed E-state index contributed by atoms with van der Waals surface area (Å²) in [6, 6.07) is 11.9. The largest absolute Gasteiger partial charge is 0.313 e. The Bertz CT molecular complexity index is 390. The first-order chi connectivity index (χ1) is 10.3. The van der Waals surface area contributed by atoms with Crippen LogP contribution in [0, 0.1) is 5.92 Å². The Kier molecular flexibility index (Phi) is 6.29. The molecular formula is C20H33N. The second-order valence-corrected chi connectivity index (χ2v) is 6.80. The van der Waals surface area contributed by atoms with Crippen LogP contribution >= 0.6 is 0 Å². The van der Waals surface area contributed by atoms with Crippen molar-refractivity contribution in [1.82, 2.24) is 5.32 Å². The highest BCUT2D eigenvalue weighted by Crippen LogP contribution is 2.48. The summed E-state index contributed by atoms with van der Waals surface area (Å²) in [5, 5.41) is 3.91. The summed E-state index contributed by atoms with van der Waals surface area (Å²) < 4.78 is 0. The van der Waals surface area contributed by atoms with Crippen LogP contribution in [0.25, 0.3) is 0 Å². The first-order valence-corrected chi connectivity index (χ1v) is 9.05. The van der Waals surface area contributed by atoms with Gasteiger partial charge in [0, 0.05) is 11.5 Å². The molecule has 21 heavy (non-hydrogen) atoms. The van der Waals surface area contributed by atoms with E-state index in [1.807, 2.05) is 0 Å². The molecule has 0 radical (unpaired) electrons. The maximum absolute atomic E-state index is 3.91. The van der Waals surface area contributed by atoms with Crippen LogP contribution in [-0.2, 0) is 5.41 Å². The summed E-state index contributed by atoms with van der Waals surface area (Å²) >= 11 is 0. The average molecular weight is 287 g/mol. The van der Waals surface area contributed by atoms with Crippen LogP contribution < -0.4 is 5.32 Å². The van der Waals surface area contributed by atoms with Gasteiger partial charge in [-0.15, -0.1) is 0 Å². The van der Waals surface area contributed by atoms with Gasteiger partial charge >= 0.3 is 0 Å². The molecule has 1 saturated carbocycles. The van der Waals surface area contributed by atoms with Gasteiger partial charge in [0.05, 0.1) is 0 Å². The van der Waals surface area contributed by atoms with Crippen molar-refractivity contribution < 1.29 is 0 Å². The van der Waals surface area contributed by atoms with Crippen LogP contribution in [0.3, 0.4) is 0 Å². The van der Waals surface area contributed by atoms with Gasteiger partial charge in [-0.3, -0.25) is 0 Å². The maximum atomic E-state index is 3.91. The van der Waals surface area contributed by atoms with E-state index in [0.717, 1.165) is 12.5 Å². The molecule has 0 aliphatic heterocycles. The van der Waals surface area contributed by atoms with Gasteiger partial charge in [-0.1, -0.05) is 70.4 Å². The van der Waals surface area contributed by atoms with Crippen molar-refractivity contribution in [2.45, 2.75) is 77.2 Å². The van der Waals surface area contributed by atoms with E-state index in [-0.39, 0.29) is 0 Å². The van der Waals surface area contributed by atoms with Crippen LogP contribution in [0.1, 0.15) is 71.3 Å². The number of nitrogens with one attached hydrogen (secondary N) is 1. The van der Waals surface area contributed by atoms with E-state index in [1.165, 1.54) is 44.9 Å². The van der Waals surface area contributed by atoms with Crippen molar-refractivity contribution in [2.24, 2.45) is 5.92 Å². The van der Waals surface area contributed by atoms with Crippen molar-refractivity contribution in [2.75, 3.05) is 6.54 Å². The van der Waals surface area contributed by atoms with Crippen molar-refractivity contribution in [3.05, 3.63) is 35.9 Å². The fraction of sp³-hybridized carbons (Fsp3) is 0.700. The lowest BCUT2D eigenvalue weighted by Gasteiger charge is -2.50. The number of benzene rings is 1. The minimum Gasteiger partial charge on any atom is -0.313 e. The number of hydrogen-bond donors (Lipinski definition) is 1. The summed E-state index contributed by atoms with van der Waals surface area (Å²) in [6.07, 6.45) is 9.29. The first kappa shape index (κ1) is 16.5.